The molecule has 0 unspecified atom stereocenters. The van der Waals surface area contributed by atoms with Crippen molar-refractivity contribution < 1.29 is 1.37 Å². The van der Waals surface area contributed by atoms with Crippen LogP contribution in [-0.2, 0) is 0 Å². The zero-order valence-electron chi connectivity index (χ0n) is 9.00. The van der Waals surface area contributed by atoms with E-state index in [2.05, 4.69) is 20.8 Å². The van der Waals surface area contributed by atoms with Gasteiger partial charge in [0.05, 0.1) is 1.37 Å². The Morgan fingerprint density at radius 3 is 1.55 bits per heavy atom. The van der Waals surface area contributed by atoms with Gasteiger partial charge in [-0.15, -0.1) is 0 Å². The lowest BCUT2D eigenvalue weighted by Gasteiger charge is -2.10. The quantitative estimate of drug-likeness (QED) is 0.531. The van der Waals surface area contributed by atoms with Crippen LogP contribution in [0.4, 0.5) is 0 Å². The van der Waals surface area contributed by atoms with Crippen LogP contribution in [0.2, 0.25) is 0 Å². The van der Waals surface area contributed by atoms with Gasteiger partial charge in [-0.2, -0.15) is 0 Å². The predicted octanol–water partition coefficient (Wildman–Crippen LogP) is 3.23. The van der Waals surface area contributed by atoms with Crippen LogP contribution in [0.1, 0.15) is 29.2 Å². The first-order valence-corrected chi connectivity index (χ1v) is 4.00. The summed E-state index contributed by atoms with van der Waals surface area (Å²) < 4.78 is 7.82. The van der Waals surface area contributed by atoms with Crippen molar-refractivity contribution in [3.05, 3.63) is 33.9 Å². The number of hydrogen-bond donors (Lipinski definition) is 0. The summed E-state index contributed by atoms with van der Waals surface area (Å²) in [5.74, 6) is 0. The van der Waals surface area contributed by atoms with Gasteiger partial charge in [0.15, 0.2) is 0 Å². The lowest BCUT2D eigenvalue weighted by atomic mass is 9.96. The van der Waals surface area contributed by atoms with Crippen LogP contribution in [0.15, 0.2) is 6.04 Å². The lowest BCUT2D eigenvalue weighted by Crippen LogP contribution is -1.93. The molecular weight excluding hydrogens is 132 g/mol. The Morgan fingerprint density at radius 2 is 1.18 bits per heavy atom. The van der Waals surface area contributed by atoms with Crippen molar-refractivity contribution in [2.75, 3.05) is 0 Å². The molecule has 0 radical (unpaired) electrons. The van der Waals surface area contributed by atoms with E-state index in [1.165, 1.54) is 16.7 Å². The zero-order valence-corrected chi connectivity index (χ0v) is 8.00. The first-order chi connectivity index (χ1) is 5.46. The summed E-state index contributed by atoms with van der Waals surface area (Å²) >= 11 is 0. The molecule has 0 saturated heterocycles. The maximum Gasteiger partial charge on any atom is 0.0629 e. The molecular formula is C11H16. The fourth-order valence-electron chi connectivity index (χ4n) is 1.31. The molecule has 0 fully saturated rings. The van der Waals surface area contributed by atoms with Gasteiger partial charge in [-0.1, -0.05) is 6.04 Å². The second kappa shape index (κ2) is 2.69. The second-order valence-corrected chi connectivity index (χ2v) is 3.25. The summed E-state index contributed by atoms with van der Waals surface area (Å²) in [6, 6.07) is 0.704. The van der Waals surface area contributed by atoms with Gasteiger partial charge in [-0.05, 0) is 62.4 Å². The minimum absolute atomic E-state index is 0.704. The number of rotatable bonds is 0. The Hall–Kier alpha value is -0.780. The van der Waals surface area contributed by atoms with Crippen molar-refractivity contribution in [3.8, 4) is 0 Å². The van der Waals surface area contributed by atoms with Crippen LogP contribution < -0.4 is 0 Å². The largest absolute Gasteiger partial charge is 0.0629 e. The van der Waals surface area contributed by atoms with Gasteiger partial charge in [-0.25, -0.2) is 0 Å². The molecule has 1 rings (SSSR count). The van der Waals surface area contributed by atoms with Crippen molar-refractivity contribution in [2.24, 2.45) is 0 Å². The summed E-state index contributed by atoms with van der Waals surface area (Å²) in [7, 11) is 0. The average molecular weight is 149 g/mol. The highest BCUT2D eigenvalue weighted by Gasteiger charge is 2.02. The molecule has 0 atom stereocenters. The predicted molar refractivity (Wildman–Crippen MR) is 50.1 cm³/mol. The zero-order chi connectivity index (χ0) is 9.46. The van der Waals surface area contributed by atoms with E-state index in [0.29, 0.717) is 6.04 Å². The van der Waals surface area contributed by atoms with E-state index in [9.17, 15) is 0 Å². The van der Waals surface area contributed by atoms with Gasteiger partial charge < -0.3 is 0 Å². The third-order valence-electron chi connectivity index (χ3n) is 2.62. The molecule has 0 heteroatoms. The molecule has 1 aromatic rings. The third-order valence-corrected chi connectivity index (χ3v) is 2.62. The Kier molecular flexibility index (Phi) is 1.69. The van der Waals surface area contributed by atoms with Crippen molar-refractivity contribution in [2.45, 2.75) is 34.6 Å². The van der Waals surface area contributed by atoms with E-state index in [1.807, 2.05) is 13.8 Å². The molecule has 0 nitrogen and oxygen atoms in total. The van der Waals surface area contributed by atoms with Gasteiger partial charge >= 0.3 is 0 Å². The topological polar surface area (TPSA) is 0 Å². The Labute approximate surface area is 70.7 Å². The first-order valence-electron chi connectivity index (χ1n) is 4.50. The van der Waals surface area contributed by atoms with Crippen LogP contribution in [0.25, 0.3) is 0 Å². The van der Waals surface area contributed by atoms with Gasteiger partial charge in [0, 0.05) is 0 Å². The number of hydrogen-bond acceptors (Lipinski definition) is 0. The molecule has 60 valence electrons. The molecule has 0 saturated carbocycles. The van der Waals surface area contributed by atoms with Crippen molar-refractivity contribution in [1.82, 2.24) is 0 Å². The normalized spacial score (nSPS) is 11.5. The van der Waals surface area contributed by atoms with E-state index in [-0.39, 0.29) is 0 Å². The highest BCUT2D eigenvalue weighted by Crippen LogP contribution is 2.19. The van der Waals surface area contributed by atoms with Gasteiger partial charge in [0.25, 0.3) is 0 Å². The molecule has 1 aromatic carbocycles. The average Bonchev–Trinajstić information content (AvgIpc) is 2.08. The van der Waals surface area contributed by atoms with Crippen LogP contribution in [0, 0.1) is 34.6 Å². The van der Waals surface area contributed by atoms with Crippen LogP contribution in [0.5, 0.6) is 0 Å². The summed E-state index contributed by atoms with van der Waals surface area (Å²) in [5, 5.41) is 0. The molecule has 0 bridgehead atoms. The van der Waals surface area contributed by atoms with E-state index < -0.39 is 0 Å². The maximum atomic E-state index is 7.82. The summed E-state index contributed by atoms with van der Waals surface area (Å²) in [6.07, 6.45) is 0. The Morgan fingerprint density at radius 1 is 0.818 bits per heavy atom. The van der Waals surface area contributed by atoms with E-state index >= 15 is 0 Å². The third kappa shape index (κ3) is 1.30. The van der Waals surface area contributed by atoms with Crippen molar-refractivity contribution in [1.29, 1.82) is 0 Å². The summed E-state index contributed by atoms with van der Waals surface area (Å²) in [4.78, 5) is 0. The SMILES string of the molecule is [2H]c1c(C)c(C)c(C)c(C)c1C. The van der Waals surface area contributed by atoms with Gasteiger partial charge in [0.1, 0.15) is 0 Å². The molecule has 11 heavy (non-hydrogen) atoms. The van der Waals surface area contributed by atoms with E-state index in [1.54, 1.807) is 0 Å². The molecule has 0 aliphatic heterocycles. The molecule has 0 N–H and O–H groups in total. The minimum atomic E-state index is 0.704. The van der Waals surface area contributed by atoms with Crippen LogP contribution in [-0.4, -0.2) is 0 Å². The molecule has 0 spiro atoms. The van der Waals surface area contributed by atoms with E-state index in [4.69, 9.17) is 1.37 Å². The first kappa shape index (κ1) is 6.90. The summed E-state index contributed by atoms with van der Waals surface area (Å²) in [6.45, 7) is 10.4. The lowest BCUT2D eigenvalue weighted by molar-refractivity contribution is 1.18. The highest BCUT2D eigenvalue weighted by atomic mass is 14.1. The smallest absolute Gasteiger partial charge is 0.0558 e. The molecule has 0 aliphatic carbocycles. The standard InChI is InChI=1S/C11H16/c1-7-6-8(2)10(4)11(5)9(7)3/h6H,1-5H3/i6D. The fourth-order valence-corrected chi connectivity index (χ4v) is 1.31. The minimum Gasteiger partial charge on any atom is -0.0558 e. The highest BCUT2D eigenvalue weighted by molar-refractivity contribution is 5.42. The van der Waals surface area contributed by atoms with Gasteiger partial charge in [-0.3, -0.25) is 0 Å². The second-order valence-electron chi connectivity index (χ2n) is 3.25. The number of benzene rings is 1. The van der Waals surface area contributed by atoms with Crippen molar-refractivity contribution >= 4 is 0 Å². The fraction of sp³-hybridized carbons (Fsp3) is 0.455. The van der Waals surface area contributed by atoms with Crippen LogP contribution >= 0.6 is 0 Å². The molecule has 0 aromatic heterocycles. The Balaban J connectivity index is 3.60. The van der Waals surface area contributed by atoms with Crippen molar-refractivity contribution in [3.63, 3.8) is 0 Å². The maximum absolute atomic E-state index is 7.82. The molecule has 0 amide bonds. The summed E-state index contributed by atoms with van der Waals surface area (Å²) in [5.41, 5.74) is 6.11. The van der Waals surface area contributed by atoms with Crippen LogP contribution in [0.3, 0.4) is 0 Å². The Bertz CT molecular complexity index is 219. The van der Waals surface area contributed by atoms with E-state index in [0.717, 1.165) is 11.1 Å². The molecule has 0 aliphatic rings. The monoisotopic (exact) mass is 149 g/mol. The molecule has 0 heterocycles. The van der Waals surface area contributed by atoms with Gasteiger partial charge in [0.2, 0.25) is 0 Å².